The van der Waals surface area contributed by atoms with Crippen LogP contribution in [0, 0.1) is 5.41 Å². The summed E-state index contributed by atoms with van der Waals surface area (Å²) in [4.78, 5) is 6.34. The van der Waals surface area contributed by atoms with E-state index in [1.54, 1.807) is 0 Å². The molecule has 3 heterocycles. The first-order chi connectivity index (χ1) is 9.93. The van der Waals surface area contributed by atoms with Gasteiger partial charge in [0.2, 0.25) is 0 Å². The van der Waals surface area contributed by atoms with Gasteiger partial charge in [-0.1, -0.05) is 44.5 Å². The number of aromatic nitrogens is 1. The number of pyridine rings is 1. The van der Waals surface area contributed by atoms with Crippen molar-refractivity contribution in [3.63, 3.8) is 0 Å². The Kier molecular flexibility index (Phi) is 3.49. The first-order valence-corrected chi connectivity index (χ1v) is 7.42. The average Bonchev–Trinajstić information content (AvgIpc) is 2.84. The van der Waals surface area contributed by atoms with E-state index in [-0.39, 0.29) is 11.6 Å². The highest BCUT2D eigenvalue weighted by Crippen LogP contribution is 2.29. The van der Waals surface area contributed by atoms with Crippen LogP contribution in [0.1, 0.15) is 26.3 Å². The Morgan fingerprint density at radius 1 is 1.29 bits per heavy atom. The summed E-state index contributed by atoms with van der Waals surface area (Å²) in [6, 6.07) is 3.84. The molecule has 0 bridgehead atoms. The summed E-state index contributed by atoms with van der Waals surface area (Å²) < 4.78 is 0. The number of hydrogen-bond donors (Lipinski definition) is 1. The fourth-order valence-corrected chi connectivity index (χ4v) is 2.62. The molecule has 21 heavy (non-hydrogen) atoms. The van der Waals surface area contributed by atoms with E-state index < -0.39 is 0 Å². The van der Waals surface area contributed by atoms with Crippen LogP contribution in [0.25, 0.3) is 0 Å². The molecule has 0 amide bonds. The first kappa shape index (κ1) is 14.1. The number of nitrogens with one attached hydrogen (secondary N) is 1. The standard InChI is InChI=1S/C16H19ClN4/c1-16(2,3)15-20-19-14-7-5-12(10-21(14)15)8-11-4-6-13(17)18-9-11/h4-7,9-10,15,20H,8H2,1-3H3. The Labute approximate surface area is 130 Å². The van der Waals surface area contributed by atoms with Crippen LogP contribution < -0.4 is 5.43 Å². The van der Waals surface area contributed by atoms with Crippen molar-refractivity contribution in [2.75, 3.05) is 0 Å². The highest BCUT2D eigenvalue weighted by Gasteiger charge is 2.35. The van der Waals surface area contributed by atoms with E-state index in [1.807, 2.05) is 18.3 Å². The fourth-order valence-electron chi connectivity index (χ4n) is 2.51. The normalized spacial score (nSPS) is 20.8. The highest BCUT2D eigenvalue weighted by atomic mass is 35.5. The average molecular weight is 303 g/mol. The van der Waals surface area contributed by atoms with Gasteiger partial charge in [-0.3, -0.25) is 5.43 Å². The quantitative estimate of drug-likeness (QED) is 0.852. The molecule has 1 unspecified atom stereocenters. The summed E-state index contributed by atoms with van der Waals surface area (Å²) in [5.41, 5.74) is 5.70. The molecule has 2 aliphatic rings. The molecule has 1 aromatic rings. The third-order valence-corrected chi connectivity index (χ3v) is 3.84. The molecule has 0 radical (unpaired) electrons. The lowest BCUT2D eigenvalue weighted by Gasteiger charge is -2.34. The predicted octanol–water partition coefficient (Wildman–Crippen LogP) is 3.32. The van der Waals surface area contributed by atoms with Gasteiger partial charge in [0, 0.05) is 24.2 Å². The van der Waals surface area contributed by atoms with Crippen LogP contribution >= 0.6 is 11.6 Å². The fraction of sp³-hybridized carbons (Fsp3) is 0.375. The SMILES string of the molecule is CC(C)(C)C1NN=C2C=CC(Cc3ccc(Cl)nc3)=CN21. The van der Waals surface area contributed by atoms with E-state index >= 15 is 0 Å². The predicted molar refractivity (Wildman–Crippen MR) is 85.8 cm³/mol. The lowest BCUT2D eigenvalue weighted by molar-refractivity contribution is 0.189. The minimum atomic E-state index is 0.0971. The maximum atomic E-state index is 5.82. The van der Waals surface area contributed by atoms with Crippen molar-refractivity contribution in [2.45, 2.75) is 33.4 Å². The Bertz CT molecular complexity index is 623. The van der Waals surface area contributed by atoms with Gasteiger partial charge in [0.15, 0.2) is 5.84 Å². The van der Waals surface area contributed by atoms with Crippen molar-refractivity contribution in [3.05, 3.63) is 53.0 Å². The smallest absolute Gasteiger partial charge is 0.154 e. The van der Waals surface area contributed by atoms with Crippen LogP contribution in [0.3, 0.4) is 0 Å². The van der Waals surface area contributed by atoms with Gasteiger partial charge in [0.1, 0.15) is 11.3 Å². The van der Waals surface area contributed by atoms with E-state index in [4.69, 9.17) is 11.6 Å². The van der Waals surface area contributed by atoms with E-state index in [1.165, 1.54) is 5.57 Å². The minimum Gasteiger partial charge on any atom is -0.309 e. The number of halogens is 1. The molecule has 0 spiro atoms. The van der Waals surface area contributed by atoms with Gasteiger partial charge in [-0.05, 0) is 23.3 Å². The molecule has 0 aromatic carbocycles. The molecule has 0 fully saturated rings. The second kappa shape index (κ2) is 5.19. The van der Waals surface area contributed by atoms with Crippen LogP contribution in [-0.4, -0.2) is 21.9 Å². The van der Waals surface area contributed by atoms with Crippen molar-refractivity contribution in [3.8, 4) is 0 Å². The van der Waals surface area contributed by atoms with E-state index in [2.05, 4.69) is 59.5 Å². The second-order valence-corrected chi connectivity index (χ2v) is 6.87. The van der Waals surface area contributed by atoms with E-state index in [9.17, 15) is 0 Å². The van der Waals surface area contributed by atoms with Gasteiger partial charge >= 0.3 is 0 Å². The molecule has 3 rings (SSSR count). The summed E-state index contributed by atoms with van der Waals surface area (Å²) in [5, 5.41) is 4.92. The third-order valence-electron chi connectivity index (χ3n) is 3.61. The summed E-state index contributed by atoms with van der Waals surface area (Å²) >= 11 is 5.82. The zero-order valence-corrected chi connectivity index (χ0v) is 13.2. The molecule has 1 N–H and O–H groups in total. The van der Waals surface area contributed by atoms with Gasteiger partial charge in [-0.25, -0.2) is 4.98 Å². The Morgan fingerprint density at radius 2 is 2.10 bits per heavy atom. The van der Waals surface area contributed by atoms with E-state index in [0.717, 1.165) is 17.8 Å². The minimum absolute atomic E-state index is 0.0971. The summed E-state index contributed by atoms with van der Waals surface area (Å²) in [6.07, 6.45) is 9.17. The number of nitrogens with zero attached hydrogens (tertiary/aromatic N) is 3. The van der Waals surface area contributed by atoms with Crippen LogP contribution in [-0.2, 0) is 6.42 Å². The summed E-state index contributed by atoms with van der Waals surface area (Å²) in [5.74, 6) is 0.966. The van der Waals surface area contributed by atoms with Gasteiger partial charge in [0.05, 0.1) is 0 Å². The van der Waals surface area contributed by atoms with Crippen molar-refractivity contribution < 1.29 is 0 Å². The number of amidine groups is 1. The van der Waals surface area contributed by atoms with Crippen molar-refractivity contribution >= 4 is 17.4 Å². The molecular formula is C16H19ClN4. The molecule has 1 aromatic heterocycles. The molecule has 0 saturated carbocycles. The van der Waals surface area contributed by atoms with Gasteiger partial charge in [-0.15, -0.1) is 0 Å². The maximum absolute atomic E-state index is 5.82. The number of hydrogen-bond acceptors (Lipinski definition) is 4. The lowest BCUT2D eigenvalue weighted by atomic mass is 9.91. The van der Waals surface area contributed by atoms with E-state index in [0.29, 0.717) is 5.15 Å². The largest absolute Gasteiger partial charge is 0.309 e. The molecule has 5 heteroatoms. The summed E-state index contributed by atoms with van der Waals surface area (Å²) in [6.45, 7) is 6.62. The van der Waals surface area contributed by atoms with Gasteiger partial charge < -0.3 is 4.90 Å². The maximum Gasteiger partial charge on any atom is 0.154 e. The second-order valence-electron chi connectivity index (χ2n) is 6.48. The van der Waals surface area contributed by atoms with Crippen LogP contribution in [0.15, 0.2) is 47.4 Å². The number of rotatable bonds is 2. The van der Waals surface area contributed by atoms with Crippen molar-refractivity contribution in [1.82, 2.24) is 15.3 Å². The zero-order valence-electron chi connectivity index (χ0n) is 12.5. The van der Waals surface area contributed by atoms with Crippen molar-refractivity contribution in [2.24, 2.45) is 10.5 Å². The van der Waals surface area contributed by atoms with Crippen LogP contribution in [0.5, 0.6) is 0 Å². The monoisotopic (exact) mass is 302 g/mol. The molecule has 2 aliphatic heterocycles. The lowest BCUT2D eigenvalue weighted by Crippen LogP contribution is -2.46. The number of hydrazone groups is 1. The summed E-state index contributed by atoms with van der Waals surface area (Å²) in [7, 11) is 0. The van der Waals surface area contributed by atoms with Gasteiger partial charge in [-0.2, -0.15) is 5.10 Å². The Morgan fingerprint density at radius 3 is 2.76 bits per heavy atom. The topological polar surface area (TPSA) is 40.5 Å². The zero-order chi connectivity index (χ0) is 15.0. The molecule has 0 saturated heterocycles. The van der Waals surface area contributed by atoms with Crippen LogP contribution in [0.2, 0.25) is 5.15 Å². The molecular weight excluding hydrogens is 284 g/mol. The number of fused-ring (bicyclic) bond motifs is 1. The van der Waals surface area contributed by atoms with Crippen molar-refractivity contribution in [1.29, 1.82) is 0 Å². The molecule has 110 valence electrons. The van der Waals surface area contributed by atoms with Crippen LogP contribution in [0.4, 0.5) is 0 Å². The molecule has 0 aliphatic carbocycles. The Hall–Kier alpha value is -1.81. The van der Waals surface area contributed by atoms with Gasteiger partial charge in [0.25, 0.3) is 0 Å². The highest BCUT2D eigenvalue weighted by molar-refractivity contribution is 6.29. The molecule has 1 atom stereocenters. The molecule has 4 nitrogen and oxygen atoms in total. The number of allylic oxidation sites excluding steroid dienone is 2. The first-order valence-electron chi connectivity index (χ1n) is 7.04. The Balaban J connectivity index is 1.80. The third kappa shape index (κ3) is 2.95.